The molecule has 3 aromatic rings. The molecule has 3 N–H and O–H groups in total. The number of aromatic amines is 1. The minimum atomic E-state index is -0.192. The Kier molecular flexibility index (Phi) is 4.69. The van der Waals surface area contributed by atoms with Crippen LogP contribution in [0.25, 0.3) is 11.3 Å². The SMILES string of the molecule is N=C(c1ccc(Br)cc1)c1c(O)[nH]c(-c2ccc(Br)cc2)c1C=O. The summed E-state index contributed by atoms with van der Waals surface area (Å²) in [4.78, 5) is 14.5. The lowest BCUT2D eigenvalue weighted by Crippen LogP contribution is -2.03. The third kappa shape index (κ3) is 3.07. The standard InChI is InChI=1S/C18H12Br2N2O2/c19-12-5-1-10(2-6-12)16(21)15-14(9-23)17(22-18(15)24)11-3-7-13(20)8-4-11/h1-9,21-22,24H. The Balaban J connectivity index is 2.12. The van der Waals surface area contributed by atoms with Crippen LogP contribution in [0, 0.1) is 5.41 Å². The van der Waals surface area contributed by atoms with Crippen molar-refractivity contribution in [1.82, 2.24) is 4.98 Å². The minimum absolute atomic E-state index is 0.0849. The monoisotopic (exact) mass is 446 g/mol. The molecule has 0 aliphatic heterocycles. The molecular weight excluding hydrogens is 436 g/mol. The van der Waals surface area contributed by atoms with Crippen LogP contribution in [0.5, 0.6) is 5.88 Å². The van der Waals surface area contributed by atoms with E-state index in [4.69, 9.17) is 5.41 Å². The molecule has 0 saturated carbocycles. The quantitative estimate of drug-likeness (QED) is 0.382. The van der Waals surface area contributed by atoms with Crippen LogP contribution in [0.15, 0.2) is 57.5 Å². The van der Waals surface area contributed by atoms with Crippen LogP contribution in [0.3, 0.4) is 0 Å². The second-order valence-electron chi connectivity index (χ2n) is 5.14. The van der Waals surface area contributed by atoms with Gasteiger partial charge in [-0.05, 0) is 29.8 Å². The molecule has 120 valence electrons. The van der Waals surface area contributed by atoms with Crippen LogP contribution in [-0.2, 0) is 0 Å². The number of aromatic nitrogens is 1. The van der Waals surface area contributed by atoms with E-state index in [0.717, 1.165) is 14.5 Å². The molecule has 0 spiro atoms. The van der Waals surface area contributed by atoms with Crippen molar-refractivity contribution in [2.45, 2.75) is 0 Å². The smallest absolute Gasteiger partial charge is 0.199 e. The van der Waals surface area contributed by atoms with Gasteiger partial charge in [0, 0.05) is 14.5 Å². The second-order valence-corrected chi connectivity index (χ2v) is 6.98. The fourth-order valence-corrected chi connectivity index (χ4v) is 3.01. The van der Waals surface area contributed by atoms with Crippen molar-refractivity contribution in [2.75, 3.05) is 0 Å². The number of hydrogen-bond acceptors (Lipinski definition) is 3. The van der Waals surface area contributed by atoms with Gasteiger partial charge in [-0.3, -0.25) is 10.2 Å². The Bertz CT molecular complexity index is 913. The summed E-state index contributed by atoms with van der Waals surface area (Å²) >= 11 is 6.71. The maximum Gasteiger partial charge on any atom is 0.199 e. The lowest BCUT2D eigenvalue weighted by atomic mass is 9.98. The summed E-state index contributed by atoms with van der Waals surface area (Å²) in [6.07, 6.45) is 0.663. The van der Waals surface area contributed by atoms with E-state index >= 15 is 0 Å². The van der Waals surface area contributed by atoms with Gasteiger partial charge in [0.15, 0.2) is 12.2 Å². The zero-order valence-electron chi connectivity index (χ0n) is 12.3. The zero-order chi connectivity index (χ0) is 17.3. The molecule has 0 aliphatic carbocycles. The van der Waals surface area contributed by atoms with Crippen LogP contribution in [-0.4, -0.2) is 22.1 Å². The molecular formula is C18H12Br2N2O2. The van der Waals surface area contributed by atoms with Crippen LogP contribution in [0.4, 0.5) is 0 Å². The number of carbonyl (C=O) groups excluding carboxylic acids is 1. The van der Waals surface area contributed by atoms with E-state index in [2.05, 4.69) is 36.8 Å². The first-order chi connectivity index (χ1) is 11.5. The summed E-state index contributed by atoms with van der Waals surface area (Å²) in [7, 11) is 0. The summed E-state index contributed by atoms with van der Waals surface area (Å²) in [5.41, 5.74) is 2.41. The van der Waals surface area contributed by atoms with E-state index in [0.29, 0.717) is 17.5 Å². The molecule has 0 unspecified atom stereocenters. The Labute approximate surface area is 155 Å². The van der Waals surface area contributed by atoms with Gasteiger partial charge in [-0.2, -0.15) is 0 Å². The summed E-state index contributed by atoms with van der Waals surface area (Å²) in [5.74, 6) is -0.192. The lowest BCUT2D eigenvalue weighted by molar-refractivity contribution is 0.112. The van der Waals surface area contributed by atoms with Gasteiger partial charge in [-0.1, -0.05) is 56.1 Å². The van der Waals surface area contributed by atoms with E-state index in [1.54, 1.807) is 12.1 Å². The van der Waals surface area contributed by atoms with Gasteiger partial charge < -0.3 is 10.1 Å². The van der Waals surface area contributed by atoms with Crippen molar-refractivity contribution < 1.29 is 9.90 Å². The zero-order valence-corrected chi connectivity index (χ0v) is 15.5. The van der Waals surface area contributed by atoms with Gasteiger partial charge in [-0.15, -0.1) is 0 Å². The number of H-pyrrole nitrogens is 1. The molecule has 1 aromatic heterocycles. The molecule has 6 heteroatoms. The maximum absolute atomic E-state index is 11.6. The fraction of sp³-hybridized carbons (Fsp3) is 0. The minimum Gasteiger partial charge on any atom is -0.494 e. The highest BCUT2D eigenvalue weighted by molar-refractivity contribution is 9.10. The van der Waals surface area contributed by atoms with E-state index in [1.165, 1.54) is 0 Å². The molecule has 24 heavy (non-hydrogen) atoms. The van der Waals surface area contributed by atoms with Crippen molar-refractivity contribution in [3.05, 3.63) is 74.2 Å². The lowest BCUT2D eigenvalue weighted by Gasteiger charge is -2.05. The Morgan fingerprint density at radius 2 is 1.54 bits per heavy atom. The normalized spacial score (nSPS) is 10.6. The average Bonchev–Trinajstić information content (AvgIpc) is 2.92. The number of carbonyl (C=O) groups is 1. The molecule has 4 nitrogen and oxygen atoms in total. The van der Waals surface area contributed by atoms with E-state index in [9.17, 15) is 9.90 Å². The number of aldehydes is 1. The first-order valence-electron chi connectivity index (χ1n) is 7.02. The summed E-state index contributed by atoms with van der Waals surface area (Å²) < 4.78 is 1.81. The summed E-state index contributed by atoms with van der Waals surface area (Å²) in [6, 6.07) is 14.5. The number of hydrogen-bond donors (Lipinski definition) is 3. The third-order valence-corrected chi connectivity index (χ3v) is 4.71. The molecule has 1 heterocycles. The largest absolute Gasteiger partial charge is 0.494 e. The van der Waals surface area contributed by atoms with Crippen molar-refractivity contribution in [3.63, 3.8) is 0 Å². The van der Waals surface area contributed by atoms with Crippen LogP contribution in [0.2, 0.25) is 0 Å². The second kappa shape index (κ2) is 6.75. The van der Waals surface area contributed by atoms with E-state index < -0.39 is 0 Å². The molecule has 0 aliphatic rings. The predicted molar refractivity (Wildman–Crippen MR) is 101 cm³/mol. The van der Waals surface area contributed by atoms with Gasteiger partial charge in [0.05, 0.1) is 22.5 Å². The number of aromatic hydroxyl groups is 1. The van der Waals surface area contributed by atoms with Gasteiger partial charge >= 0.3 is 0 Å². The van der Waals surface area contributed by atoms with Gasteiger partial charge in [0.25, 0.3) is 0 Å². The number of nitrogens with one attached hydrogen (secondary N) is 2. The maximum atomic E-state index is 11.6. The van der Waals surface area contributed by atoms with Gasteiger partial charge in [-0.25, -0.2) is 0 Å². The topological polar surface area (TPSA) is 76.9 Å². The Morgan fingerprint density at radius 3 is 2.08 bits per heavy atom. The summed E-state index contributed by atoms with van der Waals surface area (Å²) in [6.45, 7) is 0. The molecule has 0 atom stereocenters. The third-order valence-electron chi connectivity index (χ3n) is 3.65. The van der Waals surface area contributed by atoms with E-state index in [1.807, 2.05) is 36.4 Å². The summed E-state index contributed by atoms with van der Waals surface area (Å²) in [5, 5.41) is 18.6. The molecule has 0 bridgehead atoms. The van der Waals surface area contributed by atoms with Crippen LogP contribution >= 0.6 is 31.9 Å². The molecule has 2 aromatic carbocycles. The van der Waals surface area contributed by atoms with Gasteiger partial charge in [0.1, 0.15) is 0 Å². The van der Waals surface area contributed by atoms with E-state index in [-0.39, 0.29) is 22.7 Å². The van der Waals surface area contributed by atoms with Gasteiger partial charge in [0.2, 0.25) is 0 Å². The average molecular weight is 448 g/mol. The first kappa shape index (κ1) is 16.7. The first-order valence-corrected chi connectivity index (χ1v) is 8.60. The van der Waals surface area contributed by atoms with Crippen molar-refractivity contribution >= 4 is 43.9 Å². The molecule has 0 fully saturated rings. The van der Waals surface area contributed by atoms with Crippen LogP contribution in [0.1, 0.15) is 21.5 Å². The van der Waals surface area contributed by atoms with Crippen molar-refractivity contribution in [1.29, 1.82) is 5.41 Å². The predicted octanol–water partition coefficient (Wildman–Crippen LogP) is 5.14. The molecule has 0 radical (unpaired) electrons. The number of halogens is 2. The van der Waals surface area contributed by atoms with Crippen molar-refractivity contribution in [3.8, 4) is 17.1 Å². The number of benzene rings is 2. The highest BCUT2D eigenvalue weighted by Crippen LogP contribution is 2.33. The highest BCUT2D eigenvalue weighted by Gasteiger charge is 2.22. The fourth-order valence-electron chi connectivity index (χ4n) is 2.48. The Morgan fingerprint density at radius 1 is 1.00 bits per heavy atom. The molecule has 3 rings (SSSR count). The van der Waals surface area contributed by atoms with Crippen molar-refractivity contribution in [2.24, 2.45) is 0 Å². The highest BCUT2D eigenvalue weighted by atomic mass is 79.9. The Hall–Kier alpha value is -2.18. The molecule has 0 saturated heterocycles. The van der Waals surface area contributed by atoms with Crippen LogP contribution < -0.4 is 0 Å². The number of rotatable bonds is 4. The molecule has 0 amide bonds.